The average Bonchev–Trinajstić information content (AvgIpc) is 2.70. The number of carbonyl (C=O) groups excluding carboxylic acids is 1. The molecule has 1 heterocycles. The van der Waals surface area contributed by atoms with Crippen LogP contribution in [0.1, 0.15) is 25.6 Å². The maximum atomic E-state index is 11.5. The molecule has 19 heavy (non-hydrogen) atoms. The lowest BCUT2D eigenvalue weighted by Crippen LogP contribution is -2.43. The standard InChI is InChI=1S/C13H21BrN2O2S/c1-13(2,3)10(17)8-16-12(18)15-7-6-9-4-5-11(14)19-9/h4-5,10,17H,6-8H2,1-3H3,(H2,15,16,18). The van der Waals surface area contributed by atoms with Gasteiger partial charge in [0.05, 0.1) is 9.89 Å². The summed E-state index contributed by atoms with van der Waals surface area (Å²) in [5.74, 6) is 0. The number of rotatable bonds is 5. The van der Waals surface area contributed by atoms with Crippen molar-refractivity contribution in [2.45, 2.75) is 33.3 Å². The number of urea groups is 1. The van der Waals surface area contributed by atoms with Gasteiger partial charge in [0.15, 0.2) is 0 Å². The number of carbonyl (C=O) groups is 1. The van der Waals surface area contributed by atoms with Crippen LogP contribution in [0.5, 0.6) is 0 Å². The molecule has 2 amide bonds. The molecule has 0 bridgehead atoms. The van der Waals surface area contributed by atoms with E-state index in [2.05, 4.69) is 26.6 Å². The van der Waals surface area contributed by atoms with Crippen molar-refractivity contribution in [1.82, 2.24) is 10.6 Å². The average molecular weight is 349 g/mol. The van der Waals surface area contributed by atoms with Crippen molar-refractivity contribution < 1.29 is 9.90 Å². The van der Waals surface area contributed by atoms with Gasteiger partial charge in [-0.2, -0.15) is 0 Å². The van der Waals surface area contributed by atoms with E-state index in [4.69, 9.17) is 0 Å². The van der Waals surface area contributed by atoms with E-state index >= 15 is 0 Å². The van der Waals surface area contributed by atoms with Gasteiger partial charge in [-0.25, -0.2) is 4.79 Å². The van der Waals surface area contributed by atoms with Crippen LogP contribution in [-0.2, 0) is 6.42 Å². The molecule has 108 valence electrons. The summed E-state index contributed by atoms with van der Waals surface area (Å²) in [5.41, 5.74) is -0.226. The molecule has 0 aliphatic rings. The summed E-state index contributed by atoms with van der Waals surface area (Å²) in [6.07, 6.45) is 0.261. The van der Waals surface area contributed by atoms with E-state index in [0.29, 0.717) is 6.54 Å². The lowest BCUT2D eigenvalue weighted by molar-refractivity contribution is 0.0650. The van der Waals surface area contributed by atoms with Gasteiger partial charge in [0, 0.05) is 18.0 Å². The molecule has 3 N–H and O–H groups in total. The number of aliphatic hydroxyl groups excluding tert-OH is 1. The summed E-state index contributed by atoms with van der Waals surface area (Å²) in [7, 11) is 0. The molecule has 0 fully saturated rings. The van der Waals surface area contributed by atoms with Crippen LogP contribution < -0.4 is 10.6 Å². The van der Waals surface area contributed by atoms with E-state index in [0.717, 1.165) is 10.2 Å². The van der Waals surface area contributed by atoms with E-state index in [1.807, 2.05) is 32.9 Å². The highest BCUT2D eigenvalue weighted by Gasteiger charge is 2.22. The van der Waals surface area contributed by atoms with Gasteiger partial charge in [-0.05, 0) is 39.9 Å². The van der Waals surface area contributed by atoms with Crippen molar-refractivity contribution in [2.24, 2.45) is 5.41 Å². The number of amides is 2. The smallest absolute Gasteiger partial charge is 0.314 e. The van der Waals surface area contributed by atoms with Crippen molar-refractivity contribution in [3.8, 4) is 0 Å². The monoisotopic (exact) mass is 348 g/mol. The Kier molecular flexibility index (Phi) is 6.29. The molecular formula is C13H21BrN2O2S. The number of hydrogen-bond donors (Lipinski definition) is 3. The number of nitrogens with one attached hydrogen (secondary N) is 2. The molecule has 1 rings (SSSR count). The number of aliphatic hydroxyl groups is 1. The van der Waals surface area contributed by atoms with Crippen LogP contribution >= 0.6 is 27.3 Å². The van der Waals surface area contributed by atoms with Gasteiger partial charge in [0.1, 0.15) is 0 Å². The number of halogens is 1. The zero-order valence-electron chi connectivity index (χ0n) is 11.5. The molecule has 0 saturated carbocycles. The minimum Gasteiger partial charge on any atom is -0.391 e. The molecule has 0 spiro atoms. The molecule has 1 aromatic rings. The Hall–Kier alpha value is -0.590. The van der Waals surface area contributed by atoms with E-state index in [1.54, 1.807) is 11.3 Å². The number of hydrogen-bond acceptors (Lipinski definition) is 3. The van der Waals surface area contributed by atoms with Gasteiger partial charge < -0.3 is 15.7 Å². The first-order valence-corrected chi connectivity index (χ1v) is 7.84. The highest BCUT2D eigenvalue weighted by Crippen LogP contribution is 2.22. The summed E-state index contributed by atoms with van der Waals surface area (Å²) in [5, 5.41) is 15.2. The lowest BCUT2D eigenvalue weighted by atomic mass is 9.89. The second-order valence-electron chi connectivity index (χ2n) is 5.47. The fraction of sp³-hybridized carbons (Fsp3) is 0.615. The molecule has 0 aromatic carbocycles. The zero-order chi connectivity index (χ0) is 14.5. The molecule has 0 aliphatic carbocycles. The Bertz CT molecular complexity index is 415. The topological polar surface area (TPSA) is 61.4 Å². The Labute approximate surface area is 126 Å². The largest absolute Gasteiger partial charge is 0.391 e. The summed E-state index contributed by atoms with van der Waals surface area (Å²) in [4.78, 5) is 12.8. The molecule has 1 aromatic heterocycles. The second kappa shape index (κ2) is 7.26. The quantitative estimate of drug-likeness (QED) is 0.766. The normalized spacial score (nSPS) is 13.1. The highest BCUT2D eigenvalue weighted by atomic mass is 79.9. The minimum absolute atomic E-state index is 0.226. The van der Waals surface area contributed by atoms with Crippen LogP contribution in [0.25, 0.3) is 0 Å². The summed E-state index contributed by atoms with van der Waals surface area (Å²) in [6, 6.07) is 3.80. The van der Waals surface area contributed by atoms with Crippen molar-refractivity contribution in [2.75, 3.05) is 13.1 Å². The third kappa shape index (κ3) is 6.40. The fourth-order valence-corrected chi connectivity index (χ4v) is 2.83. The molecule has 0 aliphatic heterocycles. The van der Waals surface area contributed by atoms with Gasteiger partial charge in [-0.15, -0.1) is 11.3 Å². The summed E-state index contributed by atoms with van der Waals surface area (Å²) >= 11 is 5.07. The first-order valence-electron chi connectivity index (χ1n) is 6.23. The van der Waals surface area contributed by atoms with Crippen molar-refractivity contribution in [3.63, 3.8) is 0 Å². The second-order valence-corrected chi connectivity index (χ2v) is 8.02. The van der Waals surface area contributed by atoms with E-state index in [1.165, 1.54) is 4.88 Å². The fourth-order valence-electron chi connectivity index (χ4n) is 1.34. The van der Waals surface area contributed by atoms with Gasteiger partial charge >= 0.3 is 6.03 Å². The predicted molar refractivity (Wildman–Crippen MR) is 82.6 cm³/mol. The molecule has 1 atom stereocenters. The van der Waals surface area contributed by atoms with Gasteiger partial charge in [-0.1, -0.05) is 20.8 Å². The van der Waals surface area contributed by atoms with Crippen LogP contribution in [0.2, 0.25) is 0 Å². The molecule has 0 radical (unpaired) electrons. The SMILES string of the molecule is CC(C)(C)C(O)CNC(=O)NCCc1ccc(Br)s1. The van der Waals surface area contributed by atoms with Crippen LogP contribution in [0.4, 0.5) is 4.79 Å². The number of thiophene rings is 1. The zero-order valence-corrected chi connectivity index (χ0v) is 13.9. The van der Waals surface area contributed by atoms with E-state index in [-0.39, 0.29) is 18.0 Å². The van der Waals surface area contributed by atoms with Crippen molar-refractivity contribution in [1.29, 1.82) is 0 Å². The first kappa shape index (κ1) is 16.5. The van der Waals surface area contributed by atoms with Crippen LogP contribution in [0.15, 0.2) is 15.9 Å². The van der Waals surface area contributed by atoms with Gasteiger partial charge in [-0.3, -0.25) is 0 Å². The third-order valence-electron chi connectivity index (χ3n) is 2.74. The molecular weight excluding hydrogens is 328 g/mol. The lowest BCUT2D eigenvalue weighted by Gasteiger charge is -2.25. The van der Waals surface area contributed by atoms with Crippen LogP contribution in [-0.4, -0.2) is 30.3 Å². The van der Waals surface area contributed by atoms with Gasteiger partial charge in [0.2, 0.25) is 0 Å². The molecule has 0 saturated heterocycles. The molecule has 1 unspecified atom stereocenters. The van der Waals surface area contributed by atoms with Crippen LogP contribution in [0, 0.1) is 5.41 Å². The Morgan fingerprint density at radius 1 is 1.42 bits per heavy atom. The summed E-state index contributed by atoms with van der Waals surface area (Å²) < 4.78 is 1.10. The Morgan fingerprint density at radius 2 is 2.11 bits per heavy atom. The maximum Gasteiger partial charge on any atom is 0.314 e. The predicted octanol–water partition coefficient (Wildman–Crippen LogP) is 2.76. The molecule has 4 nitrogen and oxygen atoms in total. The van der Waals surface area contributed by atoms with Crippen LogP contribution in [0.3, 0.4) is 0 Å². The maximum absolute atomic E-state index is 11.5. The van der Waals surface area contributed by atoms with Crippen molar-refractivity contribution in [3.05, 3.63) is 20.8 Å². The Morgan fingerprint density at radius 3 is 2.63 bits per heavy atom. The first-order chi connectivity index (χ1) is 8.79. The van der Waals surface area contributed by atoms with Gasteiger partial charge in [0.25, 0.3) is 0 Å². The minimum atomic E-state index is -0.550. The molecule has 6 heteroatoms. The Balaban J connectivity index is 2.18. The van der Waals surface area contributed by atoms with Crippen molar-refractivity contribution >= 4 is 33.3 Å². The summed E-state index contributed by atoms with van der Waals surface area (Å²) in [6.45, 7) is 6.66. The highest BCUT2D eigenvalue weighted by molar-refractivity contribution is 9.11. The van der Waals surface area contributed by atoms with E-state index < -0.39 is 6.10 Å². The third-order valence-corrected chi connectivity index (χ3v) is 4.42. The van der Waals surface area contributed by atoms with E-state index in [9.17, 15) is 9.90 Å².